The number of thiophene rings is 1. The van der Waals surface area contributed by atoms with Crippen molar-refractivity contribution in [1.29, 1.82) is 5.26 Å². The SMILES string of the molecule is N#C/C(=C/c1ccsc1)c1nc2cc(C(F)(F)F)ccc2s1. The van der Waals surface area contributed by atoms with Gasteiger partial charge in [-0.3, -0.25) is 0 Å². The van der Waals surface area contributed by atoms with Crippen LogP contribution < -0.4 is 0 Å². The third kappa shape index (κ3) is 2.89. The first-order chi connectivity index (χ1) is 10.5. The number of alkyl halides is 3. The van der Waals surface area contributed by atoms with Crippen molar-refractivity contribution in [1.82, 2.24) is 4.98 Å². The minimum atomic E-state index is -4.40. The number of benzene rings is 1. The lowest BCUT2D eigenvalue weighted by Crippen LogP contribution is -2.03. The summed E-state index contributed by atoms with van der Waals surface area (Å²) < 4.78 is 38.8. The molecule has 0 fully saturated rings. The number of nitrogens with zero attached hydrogens (tertiary/aromatic N) is 2. The highest BCUT2D eigenvalue weighted by Gasteiger charge is 2.30. The summed E-state index contributed by atoms with van der Waals surface area (Å²) in [5.74, 6) is 0. The average molecular weight is 336 g/mol. The second-order valence-corrected chi connectivity index (χ2v) is 6.24. The van der Waals surface area contributed by atoms with Crippen LogP contribution in [0.3, 0.4) is 0 Å². The van der Waals surface area contributed by atoms with Gasteiger partial charge < -0.3 is 0 Å². The lowest BCUT2D eigenvalue weighted by Gasteiger charge is -2.04. The van der Waals surface area contributed by atoms with Crippen molar-refractivity contribution in [2.45, 2.75) is 6.18 Å². The van der Waals surface area contributed by atoms with Crippen LogP contribution in [-0.4, -0.2) is 4.98 Å². The largest absolute Gasteiger partial charge is 0.416 e. The molecule has 7 heteroatoms. The van der Waals surface area contributed by atoms with E-state index in [9.17, 15) is 18.4 Å². The molecule has 0 aliphatic rings. The van der Waals surface area contributed by atoms with E-state index in [0.717, 1.165) is 17.7 Å². The van der Waals surface area contributed by atoms with Gasteiger partial charge in [0.1, 0.15) is 11.1 Å². The Hall–Kier alpha value is -2.17. The molecular weight excluding hydrogens is 329 g/mol. The van der Waals surface area contributed by atoms with Crippen LogP contribution >= 0.6 is 22.7 Å². The standard InChI is InChI=1S/C15H7F3N2S2/c16-15(17,18)11-1-2-13-12(6-11)20-14(22-13)10(7-19)5-9-3-4-21-8-9/h1-6,8H/b10-5-. The molecular formula is C15H7F3N2S2. The maximum Gasteiger partial charge on any atom is 0.416 e. The smallest absolute Gasteiger partial charge is 0.235 e. The predicted molar refractivity (Wildman–Crippen MR) is 82.4 cm³/mol. The van der Waals surface area contributed by atoms with Crippen molar-refractivity contribution in [2.75, 3.05) is 0 Å². The van der Waals surface area contributed by atoms with Crippen molar-refractivity contribution in [2.24, 2.45) is 0 Å². The van der Waals surface area contributed by atoms with E-state index in [4.69, 9.17) is 0 Å². The second kappa shape index (κ2) is 5.55. The third-order valence-electron chi connectivity index (χ3n) is 2.92. The molecule has 0 aliphatic carbocycles. The fourth-order valence-electron chi connectivity index (χ4n) is 1.88. The summed E-state index contributed by atoms with van der Waals surface area (Å²) in [5.41, 5.74) is 0.725. The molecule has 0 radical (unpaired) electrons. The van der Waals surface area contributed by atoms with E-state index in [-0.39, 0.29) is 5.52 Å². The first-order valence-corrected chi connectivity index (χ1v) is 7.85. The molecule has 0 unspecified atom stereocenters. The van der Waals surface area contributed by atoms with Gasteiger partial charge in [-0.05, 0) is 46.7 Å². The molecule has 0 spiro atoms. The van der Waals surface area contributed by atoms with Crippen LogP contribution in [0.1, 0.15) is 16.1 Å². The maximum absolute atomic E-state index is 12.7. The molecule has 0 atom stereocenters. The van der Waals surface area contributed by atoms with Crippen LogP contribution in [0.25, 0.3) is 21.9 Å². The van der Waals surface area contributed by atoms with E-state index >= 15 is 0 Å². The number of fused-ring (bicyclic) bond motifs is 1. The first kappa shape index (κ1) is 14.8. The van der Waals surface area contributed by atoms with E-state index in [1.54, 1.807) is 6.08 Å². The zero-order valence-electron chi connectivity index (χ0n) is 10.9. The highest BCUT2D eigenvalue weighted by molar-refractivity contribution is 7.19. The molecule has 110 valence electrons. The molecule has 0 saturated carbocycles. The Morgan fingerprint density at radius 2 is 2.09 bits per heavy atom. The molecule has 2 heterocycles. The number of rotatable bonds is 2. The van der Waals surface area contributed by atoms with E-state index in [2.05, 4.69) is 11.1 Å². The molecule has 0 bridgehead atoms. The molecule has 1 aromatic carbocycles. The topological polar surface area (TPSA) is 36.7 Å². The zero-order valence-corrected chi connectivity index (χ0v) is 12.5. The number of hydrogen-bond donors (Lipinski definition) is 0. The molecule has 2 nitrogen and oxygen atoms in total. The van der Waals surface area contributed by atoms with Gasteiger partial charge in [-0.2, -0.15) is 29.8 Å². The average Bonchev–Trinajstić information content (AvgIpc) is 3.11. The highest BCUT2D eigenvalue weighted by atomic mass is 32.1. The fourth-order valence-corrected chi connectivity index (χ4v) is 3.41. The van der Waals surface area contributed by atoms with Crippen molar-refractivity contribution in [3.05, 3.63) is 51.2 Å². The lowest BCUT2D eigenvalue weighted by molar-refractivity contribution is -0.137. The number of aromatic nitrogens is 1. The Labute approximate surface area is 131 Å². The summed E-state index contributed by atoms with van der Waals surface area (Å²) in [5, 5.41) is 13.4. The monoisotopic (exact) mass is 336 g/mol. The predicted octanol–water partition coefficient (Wildman–Crippen LogP) is 5.44. The van der Waals surface area contributed by atoms with Crippen LogP contribution in [0.5, 0.6) is 0 Å². The number of hydrogen-bond acceptors (Lipinski definition) is 4. The van der Waals surface area contributed by atoms with E-state index in [1.165, 1.54) is 28.7 Å². The molecule has 3 aromatic rings. The summed E-state index contributed by atoms with van der Waals surface area (Å²) in [6, 6.07) is 7.34. The van der Waals surface area contributed by atoms with Crippen molar-refractivity contribution in [3.63, 3.8) is 0 Å². The first-order valence-electron chi connectivity index (χ1n) is 6.09. The Balaban J connectivity index is 2.07. The van der Waals surface area contributed by atoms with Gasteiger partial charge in [-0.25, -0.2) is 4.98 Å². The molecule has 0 saturated heterocycles. The van der Waals surface area contributed by atoms with Crippen LogP contribution in [0.4, 0.5) is 13.2 Å². The van der Waals surface area contributed by atoms with Gasteiger partial charge in [0.15, 0.2) is 0 Å². The van der Waals surface area contributed by atoms with E-state index in [0.29, 0.717) is 15.3 Å². The van der Waals surface area contributed by atoms with Crippen molar-refractivity contribution >= 4 is 44.5 Å². The van der Waals surface area contributed by atoms with Crippen molar-refractivity contribution < 1.29 is 13.2 Å². The van der Waals surface area contributed by atoms with Gasteiger partial charge in [0.25, 0.3) is 0 Å². The maximum atomic E-state index is 12.7. The number of nitriles is 1. The normalized spacial score (nSPS) is 12.5. The second-order valence-electron chi connectivity index (χ2n) is 4.43. The number of allylic oxidation sites excluding steroid dienone is 1. The Kier molecular flexibility index (Phi) is 3.72. The molecule has 0 aliphatic heterocycles. The summed E-state index contributed by atoms with van der Waals surface area (Å²) in [7, 11) is 0. The van der Waals surface area contributed by atoms with Gasteiger partial charge in [0.05, 0.1) is 21.4 Å². The molecule has 3 rings (SSSR count). The third-order valence-corrected chi connectivity index (χ3v) is 4.69. The quantitative estimate of drug-likeness (QED) is 0.584. The fraction of sp³-hybridized carbons (Fsp3) is 0.0667. The van der Waals surface area contributed by atoms with Crippen LogP contribution in [0, 0.1) is 11.3 Å². The Morgan fingerprint density at radius 1 is 1.27 bits per heavy atom. The van der Waals surface area contributed by atoms with Gasteiger partial charge in [-0.1, -0.05) is 0 Å². The zero-order chi connectivity index (χ0) is 15.7. The summed E-state index contributed by atoms with van der Waals surface area (Å²) in [6.07, 6.45) is -2.72. The minimum absolute atomic E-state index is 0.251. The molecule has 22 heavy (non-hydrogen) atoms. The molecule has 0 N–H and O–H groups in total. The van der Waals surface area contributed by atoms with Crippen LogP contribution in [-0.2, 0) is 6.18 Å². The van der Waals surface area contributed by atoms with Gasteiger partial charge >= 0.3 is 6.18 Å². The lowest BCUT2D eigenvalue weighted by atomic mass is 10.2. The summed E-state index contributed by atoms with van der Waals surface area (Å²) in [4.78, 5) is 4.17. The Bertz CT molecular complexity index is 884. The van der Waals surface area contributed by atoms with Gasteiger partial charge in [0, 0.05) is 0 Å². The number of halogens is 3. The van der Waals surface area contributed by atoms with E-state index in [1.807, 2.05) is 16.8 Å². The number of thiazole rings is 1. The van der Waals surface area contributed by atoms with E-state index < -0.39 is 11.7 Å². The molecule has 2 aromatic heterocycles. The Morgan fingerprint density at radius 3 is 2.73 bits per heavy atom. The highest BCUT2D eigenvalue weighted by Crippen LogP contribution is 2.34. The van der Waals surface area contributed by atoms with Gasteiger partial charge in [-0.15, -0.1) is 11.3 Å². The minimum Gasteiger partial charge on any atom is -0.235 e. The van der Waals surface area contributed by atoms with Crippen molar-refractivity contribution in [3.8, 4) is 6.07 Å². The van der Waals surface area contributed by atoms with Gasteiger partial charge in [0.2, 0.25) is 0 Å². The van der Waals surface area contributed by atoms with Crippen LogP contribution in [0.15, 0.2) is 35.0 Å². The summed E-state index contributed by atoms with van der Waals surface area (Å²) >= 11 is 2.71. The van der Waals surface area contributed by atoms with Crippen LogP contribution in [0.2, 0.25) is 0 Å². The molecule has 0 amide bonds. The summed E-state index contributed by atoms with van der Waals surface area (Å²) in [6.45, 7) is 0.